The number of hydrogen-bond donors (Lipinski definition) is 0. The Hall–Kier alpha value is -2.82. The van der Waals surface area contributed by atoms with Crippen LogP contribution in [0.3, 0.4) is 0 Å². The molecule has 4 nitrogen and oxygen atoms in total. The zero-order valence-corrected chi connectivity index (χ0v) is 15.7. The van der Waals surface area contributed by atoms with Crippen molar-refractivity contribution >= 4 is 41.1 Å². The topological polar surface area (TPSA) is 51.8 Å². The molecule has 0 amide bonds. The fraction of sp³-hybridized carbons (Fsp3) is 0.0476. The SMILES string of the molecule is Cc1ccccc1C1=N/C(=C/c2ccc(-c3ccc(Cl)cc3Cl)o2)C(=O)O1. The Morgan fingerprint density at radius 3 is 2.59 bits per heavy atom. The highest BCUT2D eigenvalue weighted by Crippen LogP contribution is 2.32. The van der Waals surface area contributed by atoms with Crippen LogP contribution in [-0.2, 0) is 9.53 Å². The second-order valence-electron chi connectivity index (χ2n) is 5.98. The molecule has 2 heterocycles. The quantitative estimate of drug-likeness (QED) is 0.407. The Morgan fingerprint density at radius 2 is 1.81 bits per heavy atom. The molecule has 4 rings (SSSR count). The summed E-state index contributed by atoms with van der Waals surface area (Å²) in [6.45, 7) is 1.93. The van der Waals surface area contributed by atoms with E-state index < -0.39 is 5.97 Å². The summed E-state index contributed by atoms with van der Waals surface area (Å²) < 4.78 is 11.1. The van der Waals surface area contributed by atoms with Gasteiger partial charge in [-0.2, -0.15) is 0 Å². The van der Waals surface area contributed by atoms with E-state index >= 15 is 0 Å². The number of ether oxygens (including phenoxy) is 1. The van der Waals surface area contributed by atoms with Crippen LogP contribution in [0.25, 0.3) is 17.4 Å². The summed E-state index contributed by atoms with van der Waals surface area (Å²) in [5.74, 6) is 0.809. The number of cyclic esters (lactones) is 1. The van der Waals surface area contributed by atoms with Gasteiger partial charge in [-0.25, -0.2) is 9.79 Å². The Morgan fingerprint density at radius 1 is 1.00 bits per heavy atom. The number of esters is 1. The summed E-state index contributed by atoms with van der Waals surface area (Å²) in [5.41, 5.74) is 2.64. The van der Waals surface area contributed by atoms with E-state index in [1.807, 2.05) is 31.2 Å². The fourth-order valence-corrected chi connectivity index (χ4v) is 3.24. The lowest BCUT2D eigenvalue weighted by Gasteiger charge is -2.02. The highest BCUT2D eigenvalue weighted by molar-refractivity contribution is 6.36. The summed E-state index contributed by atoms with van der Waals surface area (Å²) in [7, 11) is 0. The Kier molecular flexibility index (Phi) is 4.60. The van der Waals surface area contributed by atoms with E-state index in [4.69, 9.17) is 32.4 Å². The summed E-state index contributed by atoms with van der Waals surface area (Å²) in [4.78, 5) is 16.5. The average molecular weight is 398 g/mol. The van der Waals surface area contributed by atoms with Gasteiger partial charge >= 0.3 is 5.97 Å². The number of carbonyl (C=O) groups is 1. The zero-order valence-electron chi connectivity index (χ0n) is 14.2. The smallest absolute Gasteiger partial charge is 0.363 e. The number of nitrogens with zero attached hydrogens (tertiary/aromatic N) is 1. The van der Waals surface area contributed by atoms with Crippen LogP contribution in [0.5, 0.6) is 0 Å². The van der Waals surface area contributed by atoms with Crippen LogP contribution in [0.2, 0.25) is 10.0 Å². The van der Waals surface area contributed by atoms with Crippen molar-refractivity contribution in [2.45, 2.75) is 6.92 Å². The standard InChI is InChI=1S/C21H13Cl2NO3/c1-12-4-2-3-5-15(12)20-24-18(21(25)27-20)11-14-7-9-19(26-14)16-8-6-13(22)10-17(16)23/h2-11H,1H3/b18-11+. The van der Waals surface area contributed by atoms with Gasteiger partial charge in [-0.1, -0.05) is 41.4 Å². The minimum atomic E-state index is -0.518. The van der Waals surface area contributed by atoms with Crippen LogP contribution in [0.4, 0.5) is 0 Å². The number of aliphatic imine (C=N–C) groups is 1. The van der Waals surface area contributed by atoms with Gasteiger partial charge in [0.15, 0.2) is 5.70 Å². The lowest BCUT2D eigenvalue weighted by Crippen LogP contribution is -2.06. The third-order valence-electron chi connectivity index (χ3n) is 4.10. The summed E-state index contributed by atoms with van der Waals surface area (Å²) >= 11 is 12.1. The largest absolute Gasteiger partial charge is 0.457 e. The Balaban J connectivity index is 1.65. The van der Waals surface area contributed by atoms with Crippen molar-refractivity contribution < 1.29 is 13.9 Å². The van der Waals surface area contributed by atoms with Crippen LogP contribution in [0.1, 0.15) is 16.9 Å². The van der Waals surface area contributed by atoms with Gasteiger partial charge in [0, 0.05) is 22.2 Å². The van der Waals surface area contributed by atoms with Gasteiger partial charge in [-0.3, -0.25) is 0 Å². The molecule has 134 valence electrons. The van der Waals surface area contributed by atoms with Gasteiger partial charge in [-0.05, 0) is 48.9 Å². The van der Waals surface area contributed by atoms with Gasteiger partial charge in [0.2, 0.25) is 5.90 Å². The van der Waals surface area contributed by atoms with Crippen LogP contribution >= 0.6 is 23.2 Å². The first-order valence-electron chi connectivity index (χ1n) is 8.15. The average Bonchev–Trinajstić information content (AvgIpc) is 3.23. The summed E-state index contributed by atoms with van der Waals surface area (Å²) in [5, 5.41) is 1.03. The lowest BCUT2D eigenvalue weighted by atomic mass is 10.1. The second-order valence-corrected chi connectivity index (χ2v) is 6.82. The molecule has 1 aliphatic rings. The molecular weight excluding hydrogens is 385 g/mol. The van der Waals surface area contributed by atoms with E-state index in [2.05, 4.69) is 4.99 Å². The van der Waals surface area contributed by atoms with Crippen LogP contribution in [0.15, 0.2) is 69.7 Å². The molecule has 27 heavy (non-hydrogen) atoms. The maximum absolute atomic E-state index is 12.2. The summed E-state index contributed by atoms with van der Waals surface area (Å²) in [6, 6.07) is 16.2. The monoisotopic (exact) mass is 397 g/mol. The van der Waals surface area contributed by atoms with Crippen LogP contribution in [0, 0.1) is 6.92 Å². The zero-order chi connectivity index (χ0) is 19.0. The molecule has 2 aromatic carbocycles. The van der Waals surface area contributed by atoms with E-state index in [0.29, 0.717) is 27.1 Å². The highest BCUT2D eigenvalue weighted by atomic mass is 35.5. The van der Waals surface area contributed by atoms with Crippen LogP contribution < -0.4 is 0 Å². The Labute approximate surface area is 165 Å². The third kappa shape index (κ3) is 3.54. The van der Waals surface area contributed by atoms with E-state index in [-0.39, 0.29) is 11.6 Å². The molecule has 0 spiro atoms. The first-order chi connectivity index (χ1) is 13.0. The van der Waals surface area contributed by atoms with Gasteiger partial charge in [-0.15, -0.1) is 0 Å². The molecule has 1 aromatic heterocycles. The van der Waals surface area contributed by atoms with E-state index in [0.717, 1.165) is 11.1 Å². The maximum atomic E-state index is 12.2. The molecule has 0 saturated heterocycles. The lowest BCUT2D eigenvalue weighted by molar-refractivity contribution is -0.129. The van der Waals surface area contributed by atoms with Gasteiger partial charge in [0.05, 0.1) is 5.02 Å². The maximum Gasteiger partial charge on any atom is 0.363 e. The number of benzene rings is 2. The van der Waals surface area contributed by atoms with Gasteiger partial charge < -0.3 is 9.15 Å². The van der Waals surface area contributed by atoms with Crippen molar-refractivity contribution in [2.75, 3.05) is 0 Å². The third-order valence-corrected chi connectivity index (χ3v) is 4.65. The number of aryl methyl sites for hydroxylation is 1. The molecule has 0 saturated carbocycles. The molecular formula is C21H13Cl2NO3. The number of furan rings is 1. The second kappa shape index (κ2) is 7.06. The molecule has 0 fully saturated rings. The highest BCUT2D eigenvalue weighted by Gasteiger charge is 2.25. The predicted octanol–water partition coefficient (Wildman–Crippen LogP) is 5.91. The Bertz CT molecular complexity index is 1110. The molecule has 1 aliphatic heterocycles. The fourth-order valence-electron chi connectivity index (χ4n) is 2.74. The molecule has 0 aliphatic carbocycles. The number of carbonyl (C=O) groups excluding carboxylic acids is 1. The number of hydrogen-bond acceptors (Lipinski definition) is 4. The minimum absolute atomic E-state index is 0.177. The van der Waals surface area contributed by atoms with Crippen molar-refractivity contribution in [3.8, 4) is 11.3 Å². The first-order valence-corrected chi connectivity index (χ1v) is 8.91. The van der Waals surface area contributed by atoms with Gasteiger partial charge in [0.1, 0.15) is 11.5 Å². The minimum Gasteiger partial charge on any atom is -0.457 e. The van der Waals surface area contributed by atoms with Crippen molar-refractivity contribution in [1.29, 1.82) is 0 Å². The molecule has 0 radical (unpaired) electrons. The molecule has 0 atom stereocenters. The first kappa shape index (κ1) is 17.6. The predicted molar refractivity (Wildman–Crippen MR) is 106 cm³/mol. The number of halogens is 2. The van der Waals surface area contributed by atoms with E-state index in [9.17, 15) is 4.79 Å². The van der Waals surface area contributed by atoms with Gasteiger partial charge in [0.25, 0.3) is 0 Å². The summed E-state index contributed by atoms with van der Waals surface area (Å²) in [6.07, 6.45) is 1.54. The van der Waals surface area contributed by atoms with E-state index in [1.165, 1.54) is 0 Å². The molecule has 3 aromatic rings. The van der Waals surface area contributed by atoms with Crippen LogP contribution in [-0.4, -0.2) is 11.9 Å². The molecule has 6 heteroatoms. The molecule has 0 unspecified atom stereocenters. The molecule has 0 N–H and O–H groups in total. The molecule has 0 bridgehead atoms. The number of rotatable bonds is 3. The normalized spacial score (nSPS) is 15.1. The van der Waals surface area contributed by atoms with Crippen molar-refractivity contribution in [2.24, 2.45) is 4.99 Å². The van der Waals surface area contributed by atoms with Crippen molar-refractivity contribution in [1.82, 2.24) is 0 Å². The van der Waals surface area contributed by atoms with E-state index in [1.54, 1.807) is 36.4 Å². The van der Waals surface area contributed by atoms with Crippen molar-refractivity contribution in [3.63, 3.8) is 0 Å². The van der Waals surface area contributed by atoms with Crippen molar-refractivity contribution in [3.05, 3.63) is 87.2 Å².